The summed E-state index contributed by atoms with van der Waals surface area (Å²) in [5, 5.41) is 2.97. The fraction of sp³-hybridized carbons (Fsp3) is 0.529. The lowest BCUT2D eigenvalue weighted by Gasteiger charge is -2.39. The van der Waals surface area contributed by atoms with E-state index in [9.17, 15) is 9.59 Å². The average Bonchev–Trinajstić information content (AvgIpc) is 2.46. The molecule has 2 amide bonds. The summed E-state index contributed by atoms with van der Waals surface area (Å²) >= 11 is 0. The zero-order valence-electron chi connectivity index (χ0n) is 13.6. The van der Waals surface area contributed by atoms with Crippen molar-refractivity contribution < 1.29 is 9.59 Å². The Bertz CT molecular complexity index is 510. The summed E-state index contributed by atoms with van der Waals surface area (Å²) in [6.45, 7) is 8.57. The second-order valence-electron chi connectivity index (χ2n) is 6.82. The van der Waals surface area contributed by atoms with E-state index in [1.807, 2.05) is 39.0 Å². The molecule has 2 rings (SSSR count). The van der Waals surface area contributed by atoms with Crippen LogP contribution in [0.4, 0.5) is 0 Å². The smallest absolute Gasteiger partial charge is 0.244 e. The van der Waals surface area contributed by atoms with Crippen molar-refractivity contribution in [1.29, 1.82) is 0 Å². The second kappa shape index (κ2) is 6.92. The lowest BCUT2D eigenvalue weighted by atomic mass is 10.1. The number of hydrogen-bond donors (Lipinski definition) is 1. The molecule has 1 fully saturated rings. The summed E-state index contributed by atoms with van der Waals surface area (Å²) in [5.41, 5.74) is 0.921. The van der Waals surface area contributed by atoms with Gasteiger partial charge in [0.25, 0.3) is 0 Å². The Kier molecular flexibility index (Phi) is 5.19. The zero-order chi connectivity index (χ0) is 16.2. The summed E-state index contributed by atoms with van der Waals surface area (Å²) in [6.07, 6.45) is 0.784. The lowest BCUT2D eigenvalue weighted by Crippen LogP contribution is -2.60. The van der Waals surface area contributed by atoms with E-state index < -0.39 is 6.04 Å². The van der Waals surface area contributed by atoms with Crippen LogP contribution in [0.5, 0.6) is 0 Å². The fourth-order valence-corrected chi connectivity index (χ4v) is 2.65. The fourth-order valence-electron chi connectivity index (χ4n) is 2.65. The molecule has 0 bridgehead atoms. The number of carbonyl (C=O) groups excluding carboxylic acids is 2. The predicted molar refractivity (Wildman–Crippen MR) is 86.2 cm³/mol. The second-order valence-corrected chi connectivity index (χ2v) is 6.82. The van der Waals surface area contributed by atoms with Crippen LogP contribution >= 0.6 is 0 Å². The Morgan fingerprint density at radius 3 is 2.55 bits per heavy atom. The van der Waals surface area contributed by atoms with Crippen molar-refractivity contribution in [2.75, 3.05) is 19.6 Å². The first kappa shape index (κ1) is 16.5. The quantitative estimate of drug-likeness (QED) is 0.852. The number of hydrogen-bond acceptors (Lipinski definition) is 3. The molecule has 0 saturated carbocycles. The van der Waals surface area contributed by atoms with Crippen molar-refractivity contribution in [2.24, 2.45) is 0 Å². The number of benzene rings is 1. The van der Waals surface area contributed by atoms with Crippen LogP contribution in [-0.4, -0.2) is 53.3 Å². The van der Waals surface area contributed by atoms with Gasteiger partial charge in [0.05, 0.1) is 0 Å². The van der Waals surface area contributed by atoms with Crippen LogP contribution in [0.25, 0.3) is 0 Å². The highest BCUT2D eigenvalue weighted by Crippen LogP contribution is 2.13. The molecule has 1 aromatic rings. The van der Waals surface area contributed by atoms with Crippen LogP contribution in [0.3, 0.4) is 0 Å². The Labute approximate surface area is 132 Å². The van der Waals surface area contributed by atoms with E-state index >= 15 is 0 Å². The largest absolute Gasteiger partial charge is 0.350 e. The normalized spacial score (nSPS) is 19.8. The molecule has 1 heterocycles. The summed E-state index contributed by atoms with van der Waals surface area (Å²) in [4.78, 5) is 27.5. The Morgan fingerprint density at radius 1 is 1.27 bits per heavy atom. The van der Waals surface area contributed by atoms with Crippen molar-refractivity contribution in [3.05, 3.63) is 35.9 Å². The van der Waals surface area contributed by atoms with E-state index in [2.05, 4.69) is 22.3 Å². The maximum absolute atomic E-state index is 12.4. The predicted octanol–water partition coefficient (Wildman–Crippen LogP) is 1.24. The molecule has 1 atom stereocenters. The highest BCUT2D eigenvalue weighted by Gasteiger charge is 2.33. The third-order valence-electron chi connectivity index (χ3n) is 3.69. The molecular formula is C17H25N3O2. The van der Waals surface area contributed by atoms with Gasteiger partial charge in [0, 0.05) is 31.7 Å². The third-order valence-corrected chi connectivity index (χ3v) is 3.69. The highest BCUT2D eigenvalue weighted by atomic mass is 16.2. The number of nitrogens with zero attached hydrogens (tertiary/aromatic N) is 2. The number of carbonyl (C=O) groups is 2. The van der Waals surface area contributed by atoms with Crippen molar-refractivity contribution in [2.45, 2.75) is 38.9 Å². The molecule has 1 aliphatic rings. The molecule has 1 unspecified atom stereocenters. The molecule has 1 aliphatic heterocycles. The van der Waals surface area contributed by atoms with Crippen LogP contribution in [0.1, 0.15) is 26.3 Å². The molecule has 22 heavy (non-hydrogen) atoms. The van der Waals surface area contributed by atoms with Gasteiger partial charge in [-0.3, -0.25) is 14.5 Å². The minimum absolute atomic E-state index is 0.0858. The van der Waals surface area contributed by atoms with Crippen LogP contribution in [-0.2, 0) is 16.1 Å². The molecule has 1 N–H and O–H groups in total. The first-order chi connectivity index (χ1) is 10.4. The van der Waals surface area contributed by atoms with Gasteiger partial charge in [-0.2, -0.15) is 0 Å². The van der Waals surface area contributed by atoms with Gasteiger partial charge in [0.1, 0.15) is 6.04 Å². The average molecular weight is 303 g/mol. The van der Waals surface area contributed by atoms with Crippen molar-refractivity contribution >= 4 is 12.3 Å². The minimum atomic E-state index is -0.422. The van der Waals surface area contributed by atoms with E-state index in [0.717, 1.165) is 19.5 Å². The molecule has 5 nitrogen and oxygen atoms in total. The van der Waals surface area contributed by atoms with E-state index in [-0.39, 0.29) is 11.4 Å². The van der Waals surface area contributed by atoms with Crippen molar-refractivity contribution in [1.82, 2.24) is 15.1 Å². The van der Waals surface area contributed by atoms with Crippen LogP contribution in [0.15, 0.2) is 30.3 Å². The van der Waals surface area contributed by atoms with Gasteiger partial charge in [-0.15, -0.1) is 0 Å². The van der Waals surface area contributed by atoms with Crippen molar-refractivity contribution in [3.63, 3.8) is 0 Å². The summed E-state index contributed by atoms with van der Waals surface area (Å²) in [5.74, 6) is -0.0858. The Morgan fingerprint density at radius 2 is 1.95 bits per heavy atom. The molecule has 0 aromatic heterocycles. The van der Waals surface area contributed by atoms with Gasteiger partial charge < -0.3 is 10.2 Å². The van der Waals surface area contributed by atoms with Crippen LogP contribution in [0, 0.1) is 0 Å². The standard InChI is InChI=1S/C17H25N3O2/c1-17(2,3)18-16(22)15-12-19(9-10-20(15)13-21)11-14-7-5-4-6-8-14/h4-8,13,15H,9-12H2,1-3H3,(H,18,22). The minimum Gasteiger partial charge on any atom is -0.350 e. The lowest BCUT2D eigenvalue weighted by molar-refractivity contribution is -0.137. The van der Waals surface area contributed by atoms with E-state index in [4.69, 9.17) is 0 Å². The number of nitrogens with one attached hydrogen (secondary N) is 1. The summed E-state index contributed by atoms with van der Waals surface area (Å²) in [6, 6.07) is 9.76. The van der Waals surface area contributed by atoms with Gasteiger partial charge in [-0.25, -0.2) is 0 Å². The monoisotopic (exact) mass is 303 g/mol. The van der Waals surface area contributed by atoms with Gasteiger partial charge >= 0.3 is 0 Å². The Hall–Kier alpha value is -1.88. The SMILES string of the molecule is CC(C)(C)NC(=O)C1CN(Cc2ccccc2)CCN1C=O. The Balaban J connectivity index is 2.03. The van der Waals surface area contributed by atoms with Gasteiger partial charge in [-0.05, 0) is 26.3 Å². The topological polar surface area (TPSA) is 52.7 Å². The molecule has 0 radical (unpaired) electrons. The molecule has 120 valence electrons. The van der Waals surface area contributed by atoms with Gasteiger partial charge in [-0.1, -0.05) is 30.3 Å². The molecule has 0 aliphatic carbocycles. The zero-order valence-corrected chi connectivity index (χ0v) is 13.6. The summed E-state index contributed by atoms with van der Waals surface area (Å²) in [7, 11) is 0. The number of rotatable bonds is 4. The van der Waals surface area contributed by atoms with E-state index in [0.29, 0.717) is 13.1 Å². The van der Waals surface area contributed by atoms with E-state index in [1.165, 1.54) is 5.56 Å². The first-order valence-electron chi connectivity index (χ1n) is 7.68. The molecule has 5 heteroatoms. The van der Waals surface area contributed by atoms with Crippen LogP contribution < -0.4 is 5.32 Å². The maximum atomic E-state index is 12.4. The maximum Gasteiger partial charge on any atom is 0.244 e. The van der Waals surface area contributed by atoms with Crippen molar-refractivity contribution in [3.8, 4) is 0 Å². The van der Waals surface area contributed by atoms with Crippen LogP contribution in [0.2, 0.25) is 0 Å². The molecule has 1 saturated heterocycles. The molecule has 0 spiro atoms. The highest BCUT2D eigenvalue weighted by molar-refractivity contribution is 5.84. The summed E-state index contributed by atoms with van der Waals surface area (Å²) < 4.78 is 0. The number of piperazine rings is 1. The first-order valence-corrected chi connectivity index (χ1v) is 7.68. The number of amides is 2. The van der Waals surface area contributed by atoms with Gasteiger partial charge in [0.15, 0.2) is 0 Å². The molecular weight excluding hydrogens is 278 g/mol. The third kappa shape index (κ3) is 4.56. The molecule has 1 aromatic carbocycles. The van der Waals surface area contributed by atoms with E-state index in [1.54, 1.807) is 4.90 Å². The van der Waals surface area contributed by atoms with Gasteiger partial charge in [0.2, 0.25) is 12.3 Å².